The fraction of sp³-hybridized carbons (Fsp3) is 0.500. The highest BCUT2D eigenvalue weighted by Crippen LogP contribution is 2.12. The van der Waals surface area contributed by atoms with Crippen LogP contribution in [-0.2, 0) is 6.54 Å². The fourth-order valence-electron chi connectivity index (χ4n) is 2.17. The van der Waals surface area contributed by atoms with E-state index in [2.05, 4.69) is 31.0 Å². The van der Waals surface area contributed by atoms with Crippen molar-refractivity contribution in [3.63, 3.8) is 0 Å². The lowest BCUT2D eigenvalue weighted by Gasteiger charge is -2.26. The van der Waals surface area contributed by atoms with E-state index in [1.54, 1.807) is 0 Å². The Labute approximate surface area is 109 Å². The minimum Gasteiger partial charge on any atom is -0.409 e. The van der Waals surface area contributed by atoms with Gasteiger partial charge in [0.2, 0.25) is 0 Å². The zero-order chi connectivity index (χ0) is 13.5. The molecule has 4 nitrogen and oxygen atoms in total. The van der Waals surface area contributed by atoms with E-state index in [0.717, 1.165) is 24.9 Å². The highest BCUT2D eigenvalue weighted by molar-refractivity contribution is 5.96. The molecule has 0 aliphatic heterocycles. The first-order valence-corrected chi connectivity index (χ1v) is 6.39. The molecule has 0 atom stereocenters. The summed E-state index contributed by atoms with van der Waals surface area (Å²) < 4.78 is 0. The Morgan fingerprint density at radius 3 is 2.28 bits per heavy atom. The summed E-state index contributed by atoms with van der Waals surface area (Å²) >= 11 is 0. The Morgan fingerprint density at radius 2 is 1.83 bits per heavy atom. The second-order valence-electron chi connectivity index (χ2n) is 4.57. The van der Waals surface area contributed by atoms with Crippen molar-refractivity contribution >= 4 is 5.84 Å². The third-order valence-electron chi connectivity index (χ3n) is 3.36. The maximum Gasteiger partial charge on any atom is 0.170 e. The van der Waals surface area contributed by atoms with Gasteiger partial charge in [-0.15, -0.1) is 0 Å². The van der Waals surface area contributed by atoms with Crippen LogP contribution >= 0.6 is 0 Å². The van der Waals surface area contributed by atoms with Gasteiger partial charge in [-0.1, -0.05) is 43.3 Å². The molecule has 0 aromatic heterocycles. The minimum absolute atomic E-state index is 0.148. The van der Waals surface area contributed by atoms with Gasteiger partial charge in [0.05, 0.1) is 0 Å². The van der Waals surface area contributed by atoms with E-state index in [4.69, 9.17) is 10.9 Å². The maximum absolute atomic E-state index is 8.59. The molecule has 0 aliphatic carbocycles. The summed E-state index contributed by atoms with van der Waals surface area (Å²) in [6.07, 6.45) is 2.32. The summed E-state index contributed by atoms with van der Waals surface area (Å²) in [6.45, 7) is 5.35. The summed E-state index contributed by atoms with van der Waals surface area (Å²) in [5, 5.41) is 11.6. The van der Waals surface area contributed by atoms with Crippen molar-refractivity contribution in [1.82, 2.24) is 4.90 Å². The Kier molecular flexibility index (Phi) is 5.65. The van der Waals surface area contributed by atoms with Gasteiger partial charge in [0.1, 0.15) is 0 Å². The number of rotatable bonds is 6. The van der Waals surface area contributed by atoms with Crippen molar-refractivity contribution < 1.29 is 5.21 Å². The van der Waals surface area contributed by atoms with Crippen LogP contribution in [0, 0.1) is 0 Å². The molecule has 0 saturated heterocycles. The number of amidine groups is 1. The minimum atomic E-state index is 0.148. The van der Waals surface area contributed by atoms with Crippen LogP contribution in [0.3, 0.4) is 0 Å². The molecule has 3 N–H and O–H groups in total. The summed E-state index contributed by atoms with van der Waals surface area (Å²) in [5.74, 6) is 0.148. The molecular formula is C14H23N3O. The van der Waals surface area contributed by atoms with Gasteiger partial charge < -0.3 is 10.9 Å². The van der Waals surface area contributed by atoms with Gasteiger partial charge in [0, 0.05) is 18.2 Å². The summed E-state index contributed by atoms with van der Waals surface area (Å²) in [7, 11) is 2.15. The first kappa shape index (κ1) is 14.5. The lowest BCUT2D eigenvalue weighted by molar-refractivity contribution is 0.222. The lowest BCUT2D eigenvalue weighted by atomic mass is 10.1. The van der Waals surface area contributed by atoms with Crippen molar-refractivity contribution in [2.24, 2.45) is 10.9 Å². The molecule has 0 radical (unpaired) electrons. The van der Waals surface area contributed by atoms with Crippen LogP contribution in [0.15, 0.2) is 29.4 Å². The van der Waals surface area contributed by atoms with Crippen molar-refractivity contribution in [3.05, 3.63) is 35.4 Å². The van der Waals surface area contributed by atoms with Crippen molar-refractivity contribution in [1.29, 1.82) is 0 Å². The quantitative estimate of drug-likeness (QED) is 0.352. The molecule has 4 heteroatoms. The number of hydrogen-bond donors (Lipinski definition) is 2. The van der Waals surface area contributed by atoms with Crippen LogP contribution in [0.25, 0.3) is 0 Å². The van der Waals surface area contributed by atoms with E-state index in [9.17, 15) is 0 Å². The van der Waals surface area contributed by atoms with E-state index >= 15 is 0 Å². The average Bonchev–Trinajstić information content (AvgIpc) is 2.40. The molecule has 1 aromatic rings. The van der Waals surface area contributed by atoms with Crippen LogP contribution in [-0.4, -0.2) is 29.0 Å². The first-order valence-electron chi connectivity index (χ1n) is 6.39. The standard InChI is InChI=1S/C14H23N3O/c1-4-13(5-2)17(3)10-11-6-8-12(9-7-11)14(15)16-18/h6-9,13,18H,4-5,10H2,1-3H3,(H2,15,16). The molecule has 0 aliphatic rings. The van der Waals surface area contributed by atoms with E-state index < -0.39 is 0 Å². The van der Waals surface area contributed by atoms with E-state index in [1.807, 2.05) is 24.3 Å². The fourth-order valence-corrected chi connectivity index (χ4v) is 2.17. The molecule has 100 valence electrons. The monoisotopic (exact) mass is 249 g/mol. The van der Waals surface area contributed by atoms with Crippen LogP contribution in [0.5, 0.6) is 0 Å². The van der Waals surface area contributed by atoms with Crippen molar-refractivity contribution in [2.45, 2.75) is 39.3 Å². The number of nitrogens with two attached hydrogens (primary N) is 1. The Bertz CT molecular complexity index is 383. The summed E-state index contributed by atoms with van der Waals surface area (Å²) in [6, 6.07) is 8.42. The van der Waals surface area contributed by atoms with Crippen molar-refractivity contribution in [2.75, 3.05) is 7.05 Å². The van der Waals surface area contributed by atoms with Crippen LogP contribution in [0.1, 0.15) is 37.8 Å². The molecule has 0 spiro atoms. The lowest BCUT2D eigenvalue weighted by Crippen LogP contribution is -2.29. The third kappa shape index (κ3) is 3.74. The molecule has 0 unspecified atom stereocenters. The summed E-state index contributed by atoms with van der Waals surface area (Å²) in [5.41, 5.74) is 7.50. The highest BCUT2D eigenvalue weighted by Gasteiger charge is 2.10. The van der Waals surface area contributed by atoms with E-state index in [-0.39, 0.29) is 5.84 Å². The molecule has 0 bridgehead atoms. The van der Waals surface area contributed by atoms with Crippen LogP contribution in [0.2, 0.25) is 0 Å². The van der Waals surface area contributed by atoms with Gasteiger partial charge in [0.25, 0.3) is 0 Å². The number of benzene rings is 1. The molecule has 18 heavy (non-hydrogen) atoms. The van der Waals surface area contributed by atoms with Gasteiger partial charge in [-0.25, -0.2) is 0 Å². The van der Waals surface area contributed by atoms with Crippen LogP contribution in [0.4, 0.5) is 0 Å². The molecule has 1 rings (SSSR count). The zero-order valence-electron chi connectivity index (χ0n) is 11.4. The largest absolute Gasteiger partial charge is 0.409 e. The predicted molar refractivity (Wildman–Crippen MR) is 74.8 cm³/mol. The molecule has 0 fully saturated rings. The van der Waals surface area contributed by atoms with E-state index in [0.29, 0.717) is 6.04 Å². The Balaban J connectivity index is 2.69. The van der Waals surface area contributed by atoms with Gasteiger partial charge >= 0.3 is 0 Å². The predicted octanol–water partition coefficient (Wildman–Crippen LogP) is 2.40. The SMILES string of the molecule is CCC(CC)N(C)Cc1ccc(/C(N)=N/O)cc1. The van der Waals surface area contributed by atoms with Gasteiger partial charge in [-0.2, -0.15) is 0 Å². The number of oxime groups is 1. The average molecular weight is 249 g/mol. The zero-order valence-corrected chi connectivity index (χ0v) is 11.4. The maximum atomic E-state index is 8.59. The van der Waals surface area contributed by atoms with Crippen molar-refractivity contribution in [3.8, 4) is 0 Å². The Morgan fingerprint density at radius 1 is 1.28 bits per heavy atom. The van der Waals surface area contributed by atoms with Crippen LogP contribution < -0.4 is 5.73 Å². The van der Waals surface area contributed by atoms with Gasteiger partial charge in [-0.3, -0.25) is 4.90 Å². The second kappa shape index (κ2) is 7.01. The third-order valence-corrected chi connectivity index (χ3v) is 3.36. The van der Waals surface area contributed by atoms with Gasteiger partial charge in [-0.05, 0) is 25.5 Å². The molecule has 0 amide bonds. The molecule has 0 heterocycles. The summed E-state index contributed by atoms with van der Waals surface area (Å²) in [4.78, 5) is 2.36. The topological polar surface area (TPSA) is 61.8 Å². The van der Waals surface area contributed by atoms with E-state index in [1.165, 1.54) is 5.56 Å². The smallest absolute Gasteiger partial charge is 0.170 e. The first-order chi connectivity index (χ1) is 8.62. The number of nitrogens with zero attached hydrogens (tertiary/aromatic N) is 2. The highest BCUT2D eigenvalue weighted by atomic mass is 16.4. The molecule has 0 saturated carbocycles. The second-order valence-corrected chi connectivity index (χ2v) is 4.57. The molecule has 1 aromatic carbocycles. The number of hydrogen-bond acceptors (Lipinski definition) is 3. The van der Waals surface area contributed by atoms with Gasteiger partial charge in [0.15, 0.2) is 5.84 Å². The normalized spacial score (nSPS) is 12.4. The Hall–Kier alpha value is -1.55. The molecular weight excluding hydrogens is 226 g/mol.